The molecule has 1 aliphatic heterocycles. The summed E-state index contributed by atoms with van der Waals surface area (Å²) in [4.78, 5) is 14.3. The number of nitrogens with one attached hydrogen (secondary N) is 2. The number of anilines is 2. The maximum Gasteiger partial charge on any atom is 0.225 e. The van der Waals surface area contributed by atoms with E-state index in [-0.39, 0.29) is 0 Å². The molecule has 4 heterocycles. The summed E-state index contributed by atoms with van der Waals surface area (Å²) in [6, 6.07) is 6.29. The molecule has 2 aliphatic rings. The third-order valence-electron chi connectivity index (χ3n) is 6.20. The highest BCUT2D eigenvalue weighted by Gasteiger charge is 2.26. The van der Waals surface area contributed by atoms with E-state index in [0.29, 0.717) is 30.7 Å². The maximum atomic E-state index is 5.47. The first-order valence-corrected chi connectivity index (χ1v) is 11.6. The number of rotatable bonds is 8. The highest BCUT2D eigenvalue weighted by Crippen LogP contribution is 2.39. The average Bonchev–Trinajstić information content (AvgIpc) is 3.33. The van der Waals surface area contributed by atoms with Crippen LogP contribution in [-0.4, -0.2) is 63.4 Å². The number of likely N-dealkylation sites (N-methyl/N-ethyl adjacent to an activating group) is 1. The highest BCUT2D eigenvalue weighted by molar-refractivity contribution is 5.46. The third kappa shape index (κ3) is 4.93. The monoisotopic (exact) mass is 436 g/mol. The van der Waals surface area contributed by atoms with Gasteiger partial charge in [0.05, 0.1) is 23.6 Å². The van der Waals surface area contributed by atoms with Gasteiger partial charge in [-0.05, 0) is 31.9 Å². The van der Waals surface area contributed by atoms with Crippen LogP contribution >= 0.6 is 0 Å². The van der Waals surface area contributed by atoms with E-state index >= 15 is 0 Å². The van der Waals surface area contributed by atoms with Crippen molar-refractivity contribution in [3.05, 3.63) is 46.7 Å². The van der Waals surface area contributed by atoms with E-state index in [9.17, 15) is 0 Å². The number of nitrogens with zero attached hydrogens (tertiary/aromatic N) is 6. The molecule has 0 bridgehead atoms. The Labute approximate surface area is 188 Å². The van der Waals surface area contributed by atoms with Gasteiger partial charge >= 0.3 is 0 Å². The van der Waals surface area contributed by atoms with E-state index in [0.717, 1.165) is 54.8 Å². The molecule has 1 saturated heterocycles. The van der Waals surface area contributed by atoms with Gasteiger partial charge in [-0.25, -0.2) is 4.98 Å². The van der Waals surface area contributed by atoms with Gasteiger partial charge < -0.3 is 19.6 Å². The lowest BCUT2D eigenvalue weighted by atomic mass is 10.1. The lowest BCUT2D eigenvalue weighted by Crippen LogP contribution is -2.44. The van der Waals surface area contributed by atoms with E-state index in [4.69, 9.17) is 14.5 Å². The smallest absolute Gasteiger partial charge is 0.225 e. The largest absolute Gasteiger partial charge is 0.359 e. The molecular weight excluding hydrogens is 404 g/mol. The van der Waals surface area contributed by atoms with E-state index in [1.54, 1.807) is 0 Å². The van der Waals surface area contributed by atoms with Crippen molar-refractivity contribution >= 4 is 11.8 Å². The molecule has 9 nitrogen and oxygen atoms in total. The van der Waals surface area contributed by atoms with Gasteiger partial charge in [0.25, 0.3) is 0 Å². The normalized spacial score (nSPS) is 17.3. The molecule has 0 amide bonds. The van der Waals surface area contributed by atoms with E-state index < -0.39 is 0 Å². The van der Waals surface area contributed by atoms with Crippen molar-refractivity contribution < 1.29 is 4.52 Å². The Bertz CT molecular complexity index is 1050. The van der Waals surface area contributed by atoms with Crippen LogP contribution < -0.4 is 10.2 Å². The summed E-state index contributed by atoms with van der Waals surface area (Å²) < 4.78 is 5.47. The van der Waals surface area contributed by atoms with Gasteiger partial charge in [-0.3, -0.25) is 5.10 Å². The van der Waals surface area contributed by atoms with Gasteiger partial charge in [0.15, 0.2) is 5.76 Å². The SMILES string of the molecule is CC(C)c1cc(CNc2nc(Cc3cc(C4CC4)n[nH]3)cc(N3CCN(C)CC3)n2)on1. The molecule has 0 aromatic carbocycles. The van der Waals surface area contributed by atoms with Crippen LogP contribution in [0.4, 0.5) is 11.8 Å². The quantitative estimate of drug-likeness (QED) is 0.556. The lowest BCUT2D eigenvalue weighted by molar-refractivity contribution is 0.312. The predicted molar refractivity (Wildman–Crippen MR) is 123 cm³/mol. The van der Waals surface area contributed by atoms with E-state index in [1.807, 2.05) is 6.07 Å². The summed E-state index contributed by atoms with van der Waals surface area (Å²) in [5, 5.41) is 15.2. The van der Waals surface area contributed by atoms with Crippen molar-refractivity contribution in [1.82, 2.24) is 30.2 Å². The molecular formula is C23H32N8O. The van der Waals surface area contributed by atoms with Crippen LogP contribution in [0.25, 0.3) is 0 Å². The molecule has 0 unspecified atom stereocenters. The van der Waals surface area contributed by atoms with Crippen LogP contribution in [0.2, 0.25) is 0 Å². The zero-order valence-electron chi connectivity index (χ0n) is 19.1. The number of aromatic amines is 1. The Kier molecular flexibility index (Phi) is 5.82. The van der Waals surface area contributed by atoms with Crippen LogP contribution in [0.1, 0.15) is 67.1 Å². The fraction of sp³-hybridized carbons (Fsp3) is 0.565. The Hall–Kier alpha value is -2.94. The second kappa shape index (κ2) is 8.90. The minimum atomic E-state index is 0.339. The Morgan fingerprint density at radius 2 is 1.94 bits per heavy atom. The van der Waals surface area contributed by atoms with Gasteiger partial charge in [-0.2, -0.15) is 10.1 Å². The number of H-pyrrole nitrogens is 1. The number of hydrogen-bond acceptors (Lipinski definition) is 8. The van der Waals surface area contributed by atoms with E-state index in [2.05, 4.69) is 63.5 Å². The fourth-order valence-corrected chi connectivity index (χ4v) is 3.95. The molecule has 3 aromatic heterocycles. The first kappa shape index (κ1) is 20.9. The fourth-order valence-electron chi connectivity index (χ4n) is 3.95. The third-order valence-corrected chi connectivity index (χ3v) is 6.20. The summed E-state index contributed by atoms with van der Waals surface area (Å²) in [6.45, 7) is 8.69. The van der Waals surface area contributed by atoms with Gasteiger partial charge in [-0.15, -0.1) is 0 Å². The molecule has 3 aromatic rings. The first-order valence-electron chi connectivity index (χ1n) is 11.6. The van der Waals surface area contributed by atoms with Crippen LogP contribution in [0.5, 0.6) is 0 Å². The summed E-state index contributed by atoms with van der Waals surface area (Å²) in [7, 11) is 2.16. The molecule has 2 fully saturated rings. The molecule has 2 N–H and O–H groups in total. The number of piperazine rings is 1. The predicted octanol–water partition coefficient (Wildman–Crippen LogP) is 3.14. The molecule has 1 saturated carbocycles. The van der Waals surface area contributed by atoms with Crippen molar-refractivity contribution in [2.24, 2.45) is 0 Å². The van der Waals surface area contributed by atoms with Gasteiger partial charge in [0.2, 0.25) is 5.95 Å². The van der Waals surface area contributed by atoms with Gasteiger partial charge in [0.1, 0.15) is 5.82 Å². The molecule has 170 valence electrons. The number of aromatic nitrogens is 5. The zero-order chi connectivity index (χ0) is 22.1. The second-order valence-electron chi connectivity index (χ2n) is 9.33. The Morgan fingerprint density at radius 1 is 1.12 bits per heavy atom. The topological polar surface area (TPSA) is 99.0 Å². The van der Waals surface area contributed by atoms with Crippen LogP contribution in [0, 0.1) is 0 Å². The van der Waals surface area contributed by atoms with Crippen molar-refractivity contribution in [2.45, 2.75) is 51.5 Å². The molecule has 5 rings (SSSR count). The molecule has 0 spiro atoms. The van der Waals surface area contributed by atoms with E-state index in [1.165, 1.54) is 18.5 Å². The first-order chi connectivity index (χ1) is 15.5. The van der Waals surface area contributed by atoms with Crippen molar-refractivity contribution in [3.63, 3.8) is 0 Å². The van der Waals surface area contributed by atoms with Crippen LogP contribution in [0.3, 0.4) is 0 Å². The number of hydrogen-bond donors (Lipinski definition) is 2. The minimum absolute atomic E-state index is 0.339. The maximum absolute atomic E-state index is 5.47. The highest BCUT2D eigenvalue weighted by atomic mass is 16.5. The van der Waals surface area contributed by atoms with Crippen LogP contribution in [-0.2, 0) is 13.0 Å². The molecule has 0 radical (unpaired) electrons. The van der Waals surface area contributed by atoms with Crippen molar-refractivity contribution in [1.29, 1.82) is 0 Å². The molecule has 0 atom stereocenters. The average molecular weight is 437 g/mol. The standard InChI is InChI=1S/C23H32N8O/c1-15(2)20-13-19(32-29-20)14-24-23-25-17(10-18-11-21(28-27-18)16-4-5-16)12-22(26-23)31-8-6-30(3)7-9-31/h11-13,15-16H,4-10,14H2,1-3H3,(H,27,28)(H,24,25,26). The molecule has 32 heavy (non-hydrogen) atoms. The molecule has 1 aliphatic carbocycles. The summed E-state index contributed by atoms with van der Waals surface area (Å²) in [5.41, 5.74) is 4.21. The lowest BCUT2D eigenvalue weighted by Gasteiger charge is -2.33. The molecule has 9 heteroatoms. The van der Waals surface area contributed by atoms with Crippen molar-refractivity contribution in [3.8, 4) is 0 Å². The summed E-state index contributed by atoms with van der Waals surface area (Å²) >= 11 is 0. The minimum Gasteiger partial charge on any atom is -0.359 e. The van der Waals surface area contributed by atoms with Crippen molar-refractivity contribution in [2.75, 3.05) is 43.4 Å². The second-order valence-corrected chi connectivity index (χ2v) is 9.33. The Balaban J connectivity index is 1.35. The van der Waals surface area contributed by atoms with Crippen LogP contribution in [0.15, 0.2) is 22.7 Å². The summed E-state index contributed by atoms with van der Waals surface area (Å²) in [6.07, 6.45) is 3.20. The Morgan fingerprint density at radius 3 is 2.66 bits per heavy atom. The van der Waals surface area contributed by atoms with Gasteiger partial charge in [0, 0.05) is 56.3 Å². The van der Waals surface area contributed by atoms with Gasteiger partial charge in [-0.1, -0.05) is 19.0 Å². The summed E-state index contributed by atoms with van der Waals surface area (Å²) in [5.74, 6) is 3.34. The zero-order valence-corrected chi connectivity index (χ0v) is 19.1.